The molecule has 3 N–H and O–H groups in total. The van der Waals surface area contributed by atoms with Gasteiger partial charge >= 0.3 is 0 Å². The number of nitrogens with one attached hydrogen (secondary N) is 1. The lowest BCUT2D eigenvalue weighted by molar-refractivity contribution is 0.239. The fourth-order valence-corrected chi connectivity index (χ4v) is 2.59. The predicted octanol–water partition coefficient (Wildman–Crippen LogP) is 1.48. The molecule has 1 heterocycles. The van der Waals surface area contributed by atoms with Crippen LogP contribution >= 0.6 is 0 Å². The highest BCUT2D eigenvalue weighted by atomic mass is 15.3. The monoisotopic (exact) mass is 246 g/mol. The third-order valence-corrected chi connectivity index (χ3v) is 3.49. The lowest BCUT2D eigenvalue weighted by atomic mass is 10.2. The fraction of sp³-hybridized carbons (Fsp3) is 0.500. The Morgan fingerprint density at radius 2 is 2.06 bits per heavy atom. The van der Waals surface area contributed by atoms with Crippen molar-refractivity contribution in [3.05, 3.63) is 35.9 Å². The van der Waals surface area contributed by atoms with Gasteiger partial charge in [-0.1, -0.05) is 30.3 Å². The Labute approximate surface area is 109 Å². The Bertz CT molecular complexity index is 390. The Morgan fingerprint density at radius 1 is 1.33 bits per heavy atom. The number of hydrogen-bond acceptors (Lipinski definition) is 2. The zero-order valence-electron chi connectivity index (χ0n) is 11.0. The highest BCUT2D eigenvalue weighted by Gasteiger charge is 2.22. The van der Waals surface area contributed by atoms with Crippen LogP contribution in [0.1, 0.15) is 18.9 Å². The van der Waals surface area contributed by atoms with E-state index in [-0.39, 0.29) is 5.96 Å². The van der Waals surface area contributed by atoms with Gasteiger partial charge in [0, 0.05) is 32.2 Å². The highest BCUT2D eigenvalue weighted by Crippen LogP contribution is 2.12. The van der Waals surface area contributed by atoms with Gasteiger partial charge in [0.1, 0.15) is 0 Å². The van der Waals surface area contributed by atoms with Crippen LogP contribution in [0.2, 0.25) is 0 Å². The first-order valence-electron chi connectivity index (χ1n) is 6.54. The Morgan fingerprint density at radius 3 is 2.72 bits per heavy atom. The van der Waals surface area contributed by atoms with E-state index in [4.69, 9.17) is 11.1 Å². The molecule has 1 aliphatic heterocycles. The number of nitrogens with zero attached hydrogens (tertiary/aromatic N) is 2. The molecule has 4 nitrogen and oxygen atoms in total. The van der Waals surface area contributed by atoms with E-state index in [1.807, 2.05) is 11.0 Å². The van der Waals surface area contributed by atoms with Gasteiger partial charge in [-0.2, -0.15) is 0 Å². The van der Waals surface area contributed by atoms with E-state index >= 15 is 0 Å². The molecule has 0 amide bonds. The van der Waals surface area contributed by atoms with Gasteiger partial charge in [-0.25, -0.2) is 0 Å². The van der Waals surface area contributed by atoms with Crippen molar-refractivity contribution in [2.24, 2.45) is 5.73 Å². The lowest BCUT2D eigenvalue weighted by Crippen LogP contribution is -2.45. The van der Waals surface area contributed by atoms with Gasteiger partial charge in [0.15, 0.2) is 5.96 Å². The topological polar surface area (TPSA) is 56.4 Å². The van der Waals surface area contributed by atoms with E-state index in [1.165, 1.54) is 5.56 Å². The molecule has 1 unspecified atom stereocenters. The van der Waals surface area contributed by atoms with E-state index in [1.54, 1.807) is 0 Å². The normalized spacial score (nSPS) is 21.6. The van der Waals surface area contributed by atoms with Crippen LogP contribution in [-0.4, -0.2) is 41.4 Å². The largest absolute Gasteiger partial charge is 0.370 e. The van der Waals surface area contributed by atoms with E-state index in [2.05, 4.69) is 36.1 Å². The summed E-state index contributed by atoms with van der Waals surface area (Å²) < 4.78 is 0. The Hall–Kier alpha value is -1.55. The molecule has 0 aliphatic carbocycles. The smallest absolute Gasteiger partial charge is 0.188 e. The second-order valence-electron chi connectivity index (χ2n) is 5.00. The molecule has 0 spiro atoms. The molecule has 1 atom stereocenters. The molecule has 2 rings (SSSR count). The van der Waals surface area contributed by atoms with Gasteiger partial charge in [0.2, 0.25) is 0 Å². The molecule has 4 heteroatoms. The molecule has 98 valence electrons. The van der Waals surface area contributed by atoms with Crippen LogP contribution in [0.25, 0.3) is 0 Å². The van der Waals surface area contributed by atoms with Crippen molar-refractivity contribution in [1.29, 1.82) is 5.41 Å². The maximum absolute atomic E-state index is 7.59. The first kappa shape index (κ1) is 12.9. The molecule has 1 fully saturated rings. The van der Waals surface area contributed by atoms with Crippen LogP contribution < -0.4 is 5.73 Å². The SMILES string of the molecule is CC1CN(Cc2ccccc2)CCCN1C(=N)N. The fourth-order valence-electron chi connectivity index (χ4n) is 2.59. The van der Waals surface area contributed by atoms with E-state index in [0.29, 0.717) is 6.04 Å². The molecule has 0 bridgehead atoms. The molecule has 0 saturated carbocycles. The summed E-state index contributed by atoms with van der Waals surface area (Å²) >= 11 is 0. The molecular formula is C14H22N4. The summed E-state index contributed by atoms with van der Waals surface area (Å²) in [6, 6.07) is 10.9. The first-order valence-corrected chi connectivity index (χ1v) is 6.54. The Balaban J connectivity index is 1.97. The minimum Gasteiger partial charge on any atom is -0.370 e. The van der Waals surface area contributed by atoms with Crippen LogP contribution in [0.3, 0.4) is 0 Å². The predicted molar refractivity (Wildman–Crippen MR) is 74.4 cm³/mol. The molecule has 0 radical (unpaired) electrons. The number of rotatable bonds is 2. The van der Waals surface area contributed by atoms with Crippen molar-refractivity contribution in [2.75, 3.05) is 19.6 Å². The lowest BCUT2D eigenvalue weighted by Gasteiger charge is -2.29. The minimum atomic E-state index is 0.198. The van der Waals surface area contributed by atoms with Crippen molar-refractivity contribution in [2.45, 2.75) is 25.9 Å². The molecule has 1 aliphatic rings. The van der Waals surface area contributed by atoms with Crippen LogP contribution in [0.5, 0.6) is 0 Å². The quantitative estimate of drug-likeness (QED) is 0.614. The molecule has 18 heavy (non-hydrogen) atoms. The van der Waals surface area contributed by atoms with Crippen molar-refractivity contribution < 1.29 is 0 Å². The van der Waals surface area contributed by atoms with E-state index in [9.17, 15) is 0 Å². The first-order chi connectivity index (χ1) is 8.66. The second kappa shape index (κ2) is 5.87. The standard InChI is InChI=1S/C14H22N4/c1-12-10-17(8-5-9-18(12)14(15)16)11-13-6-3-2-4-7-13/h2-4,6-7,12H,5,8-11H2,1H3,(H3,15,16). The van der Waals surface area contributed by atoms with Gasteiger partial charge in [-0.3, -0.25) is 10.3 Å². The summed E-state index contributed by atoms with van der Waals surface area (Å²) in [6.45, 7) is 6.06. The van der Waals surface area contributed by atoms with Gasteiger partial charge < -0.3 is 10.6 Å². The average molecular weight is 246 g/mol. The van der Waals surface area contributed by atoms with Crippen molar-refractivity contribution in [3.8, 4) is 0 Å². The van der Waals surface area contributed by atoms with Crippen LogP contribution in [0.15, 0.2) is 30.3 Å². The summed E-state index contributed by atoms with van der Waals surface area (Å²) in [4.78, 5) is 4.44. The maximum atomic E-state index is 7.59. The number of guanidine groups is 1. The molecule has 1 saturated heterocycles. The highest BCUT2D eigenvalue weighted by molar-refractivity contribution is 5.74. The van der Waals surface area contributed by atoms with Crippen molar-refractivity contribution in [1.82, 2.24) is 9.80 Å². The molecule has 1 aromatic carbocycles. The minimum absolute atomic E-state index is 0.198. The van der Waals surface area contributed by atoms with Crippen LogP contribution in [0.4, 0.5) is 0 Å². The molecule has 1 aromatic rings. The Kier molecular flexibility index (Phi) is 4.20. The van der Waals surface area contributed by atoms with E-state index < -0.39 is 0 Å². The number of benzene rings is 1. The summed E-state index contributed by atoms with van der Waals surface area (Å²) in [5.74, 6) is 0.198. The second-order valence-corrected chi connectivity index (χ2v) is 5.00. The summed E-state index contributed by atoms with van der Waals surface area (Å²) in [5.41, 5.74) is 6.96. The zero-order chi connectivity index (χ0) is 13.0. The van der Waals surface area contributed by atoms with Gasteiger partial charge in [-0.05, 0) is 18.9 Å². The van der Waals surface area contributed by atoms with Crippen LogP contribution in [-0.2, 0) is 6.54 Å². The van der Waals surface area contributed by atoms with Gasteiger partial charge in [-0.15, -0.1) is 0 Å². The summed E-state index contributed by atoms with van der Waals surface area (Å²) in [5, 5.41) is 7.59. The summed E-state index contributed by atoms with van der Waals surface area (Å²) in [6.07, 6.45) is 1.07. The third kappa shape index (κ3) is 3.23. The van der Waals surface area contributed by atoms with E-state index in [0.717, 1.165) is 32.6 Å². The summed E-state index contributed by atoms with van der Waals surface area (Å²) in [7, 11) is 0. The zero-order valence-corrected chi connectivity index (χ0v) is 11.0. The average Bonchev–Trinajstić information content (AvgIpc) is 2.52. The van der Waals surface area contributed by atoms with Crippen LogP contribution in [0, 0.1) is 5.41 Å². The van der Waals surface area contributed by atoms with Crippen molar-refractivity contribution >= 4 is 5.96 Å². The van der Waals surface area contributed by atoms with Gasteiger partial charge in [0.25, 0.3) is 0 Å². The van der Waals surface area contributed by atoms with Gasteiger partial charge in [0.05, 0.1) is 0 Å². The van der Waals surface area contributed by atoms with Crippen molar-refractivity contribution in [3.63, 3.8) is 0 Å². The molecule has 0 aromatic heterocycles. The molecular weight excluding hydrogens is 224 g/mol. The number of nitrogens with two attached hydrogens (primary N) is 1. The maximum Gasteiger partial charge on any atom is 0.188 e. The number of hydrogen-bond donors (Lipinski definition) is 2. The third-order valence-electron chi connectivity index (χ3n) is 3.49.